The van der Waals surface area contributed by atoms with Crippen molar-refractivity contribution in [3.8, 4) is 90.5 Å². The van der Waals surface area contributed by atoms with Gasteiger partial charge in [0, 0.05) is 33.2 Å². The maximum absolute atomic E-state index is 6.89. The number of benzene rings is 7. The fourth-order valence-corrected chi connectivity index (χ4v) is 7.76. The van der Waals surface area contributed by atoms with Gasteiger partial charge < -0.3 is 9.47 Å². The lowest BCUT2D eigenvalue weighted by Crippen LogP contribution is -2.15. The second-order valence-electron chi connectivity index (χ2n) is 14.0. The van der Waals surface area contributed by atoms with Crippen molar-refractivity contribution in [1.82, 2.24) is 15.0 Å². The van der Waals surface area contributed by atoms with Crippen molar-refractivity contribution in [2.75, 3.05) is 0 Å². The van der Waals surface area contributed by atoms with E-state index < -0.39 is 0 Å². The molecule has 7 aromatic carbocycles. The summed E-state index contributed by atoms with van der Waals surface area (Å²) in [6.07, 6.45) is 0. The molecular formula is C48H33N3O2. The van der Waals surface area contributed by atoms with Crippen molar-refractivity contribution in [2.45, 2.75) is 19.3 Å². The molecule has 10 rings (SSSR count). The highest BCUT2D eigenvalue weighted by Crippen LogP contribution is 2.59. The summed E-state index contributed by atoms with van der Waals surface area (Å²) < 4.78 is 13.4. The maximum atomic E-state index is 6.89. The molecule has 8 aromatic rings. The Labute approximate surface area is 308 Å². The number of nitrogens with zero attached hydrogens (tertiary/aromatic N) is 3. The summed E-state index contributed by atoms with van der Waals surface area (Å²) >= 11 is 0. The van der Waals surface area contributed by atoms with Crippen LogP contribution in [-0.4, -0.2) is 15.0 Å². The van der Waals surface area contributed by atoms with Gasteiger partial charge in [-0.3, -0.25) is 0 Å². The molecule has 0 N–H and O–H groups in total. The van der Waals surface area contributed by atoms with Crippen LogP contribution in [0.3, 0.4) is 0 Å². The molecule has 0 saturated heterocycles. The predicted molar refractivity (Wildman–Crippen MR) is 211 cm³/mol. The molecule has 0 amide bonds. The van der Waals surface area contributed by atoms with Gasteiger partial charge in [0.15, 0.2) is 40.5 Å². The Morgan fingerprint density at radius 1 is 0.358 bits per heavy atom. The SMILES string of the molecule is CC1(C)c2ccccc2-c2c1ccc1c2Oc2c(cccc2-c2ccc(-c3nc(-c4ccccc4)nc(-c4ccccc4-c4ccccc4)n3)cc2)O1. The first kappa shape index (κ1) is 30.9. The second-order valence-corrected chi connectivity index (χ2v) is 14.0. The molecule has 1 aliphatic carbocycles. The fourth-order valence-electron chi connectivity index (χ4n) is 7.76. The van der Waals surface area contributed by atoms with E-state index in [1.807, 2.05) is 78.9 Å². The van der Waals surface area contributed by atoms with Crippen LogP contribution in [0.2, 0.25) is 0 Å². The zero-order chi connectivity index (χ0) is 35.5. The lowest BCUT2D eigenvalue weighted by molar-refractivity contribution is 0.361. The first-order chi connectivity index (χ1) is 26.0. The highest BCUT2D eigenvalue weighted by atomic mass is 16.6. The van der Waals surface area contributed by atoms with Crippen molar-refractivity contribution < 1.29 is 9.47 Å². The number of hydrogen-bond acceptors (Lipinski definition) is 5. The summed E-state index contributed by atoms with van der Waals surface area (Å²) in [6.45, 7) is 4.55. The van der Waals surface area contributed by atoms with Crippen LogP contribution in [0.15, 0.2) is 164 Å². The van der Waals surface area contributed by atoms with Crippen molar-refractivity contribution in [2.24, 2.45) is 0 Å². The lowest BCUT2D eigenvalue weighted by Gasteiger charge is -2.26. The van der Waals surface area contributed by atoms with Gasteiger partial charge in [0.25, 0.3) is 0 Å². The maximum Gasteiger partial charge on any atom is 0.178 e. The van der Waals surface area contributed by atoms with Crippen molar-refractivity contribution in [3.05, 3.63) is 175 Å². The summed E-state index contributed by atoms with van der Waals surface area (Å²) in [5.41, 5.74) is 11.6. The lowest BCUT2D eigenvalue weighted by atomic mass is 9.82. The van der Waals surface area contributed by atoms with Crippen LogP contribution in [0, 0.1) is 0 Å². The van der Waals surface area contributed by atoms with Gasteiger partial charge in [-0.05, 0) is 45.5 Å². The van der Waals surface area contributed by atoms with E-state index >= 15 is 0 Å². The smallest absolute Gasteiger partial charge is 0.178 e. The molecular weight excluding hydrogens is 651 g/mol. The number of ether oxygens (including phenoxy) is 2. The zero-order valence-electron chi connectivity index (χ0n) is 29.2. The average molecular weight is 684 g/mol. The standard InChI is InChI=1S/C48H33N3O2/c1-48(2)38-22-12-11-20-37(38)42-39(48)28-29-41-44(42)53-43-35(21-13-23-40(43)52-41)31-24-26-33(27-25-31)46-49-45(32-16-7-4-8-17-32)50-47(51-46)36-19-10-9-18-34(36)30-14-5-3-6-15-30/h3-29H,1-2H3. The molecule has 5 nitrogen and oxygen atoms in total. The van der Waals surface area contributed by atoms with Gasteiger partial charge in [0.2, 0.25) is 0 Å². The van der Waals surface area contributed by atoms with Crippen LogP contribution in [0.5, 0.6) is 23.0 Å². The topological polar surface area (TPSA) is 57.1 Å². The van der Waals surface area contributed by atoms with Crippen molar-refractivity contribution in [1.29, 1.82) is 0 Å². The van der Waals surface area contributed by atoms with Gasteiger partial charge in [-0.1, -0.05) is 166 Å². The predicted octanol–water partition coefficient (Wildman–Crippen LogP) is 12.4. The number of aromatic nitrogens is 3. The van der Waals surface area contributed by atoms with Crippen LogP contribution in [-0.2, 0) is 5.41 Å². The Balaban J connectivity index is 1.05. The van der Waals surface area contributed by atoms with Gasteiger partial charge in [-0.2, -0.15) is 0 Å². The van der Waals surface area contributed by atoms with E-state index in [-0.39, 0.29) is 5.41 Å². The summed E-state index contributed by atoms with van der Waals surface area (Å²) in [6, 6.07) is 55.9. The molecule has 5 heteroatoms. The minimum absolute atomic E-state index is 0.140. The van der Waals surface area contributed by atoms with Gasteiger partial charge in [0.1, 0.15) is 0 Å². The third kappa shape index (κ3) is 5.12. The second kappa shape index (κ2) is 12.1. The molecule has 2 heterocycles. The Hall–Kier alpha value is -6.85. The van der Waals surface area contributed by atoms with E-state index in [2.05, 4.69) is 98.8 Å². The normalized spacial score (nSPS) is 13.2. The molecule has 252 valence electrons. The molecule has 0 atom stereocenters. The van der Waals surface area contributed by atoms with Crippen molar-refractivity contribution in [3.63, 3.8) is 0 Å². The first-order valence-corrected chi connectivity index (χ1v) is 17.9. The van der Waals surface area contributed by atoms with E-state index in [1.165, 1.54) is 16.7 Å². The molecule has 0 radical (unpaired) electrons. The third-order valence-corrected chi connectivity index (χ3v) is 10.4. The third-order valence-electron chi connectivity index (χ3n) is 10.4. The Morgan fingerprint density at radius 3 is 1.62 bits per heavy atom. The average Bonchev–Trinajstić information content (AvgIpc) is 3.46. The van der Waals surface area contributed by atoms with E-state index in [1.54, 1.807) is 0 Å². The van der Waals surface area contributed by atoms with Crippen LogP contribution in [0.1, 0.15) is 25.0 Å². The Bertz CT molecular complexity index is 2690. The Morgan fingerprint density at radius 2 is 0.887 bits per heavy atom. The van der Waals surface area contributed by atoms with Crippen LogP contribution in [0.4, 0.5) is 0 Å². The minimum Gasteiger partial charge on any atom is -0.449 e. The minimum atomic E-state index is -0.140. The fraction of sp³-hybridized carbons (Fsp3) is 0.0625. The van der Waals surface area contributed by atoms with Crippen LogP contribution >= 0.6 is 0 Å². The summed E-state index contributed by atoms with van der Waals surface area (Å²) in [5, 5.41) is 0. The van der Waals surface area contributed by atoms with E-state index in [9.17, 15) is 0 Å². The quantitative estimate of drug-likeness (QED) is 0.181. The Kier molecular flexibility index (Phi) is 7.08. The van der Waals surface area contributed by atoms with E-state index in [0.29, 0.717) is 29.0 Å². The van der Waals surface area contributed by atoms with Crippen molar-refractivity contribution >= 4 is 0 Å². The number of hydrogen-bond donors (Lipinski definition) is 0. The van der Waals surface area contributed by atoms with Crippen LogP contribution in [0.25, 0.3) is 67.5 Å². The monoisotopic (exact) mass is 683 g/mol. The van der Waals surface area contributed by atoms with Crippen LogP contribution < -0.4 is 9.47 Å². The highest BCUT2D eigenvalue weighted by molar-refractivity contribution is 5.89. The van der Waals surface area contributed by atoms with Gasteiger partial charge in [0.05, 0.1) is 0 Å². The molecule has 0 fully saturated rings. The largest absolute Gasteiger partial charge is 0.449 e. The zero-order valence-corrected chi connectivity index (χ0v) is 29.2. The molecule has 0 spiro atoms. The number of para-hydroxylation sites is 1. The molecule has 0 saturated carbocycles. The van der Waals surface area contributed by atoms with E-state index in [0.717, 1.165) is 56.0 Å². The molecule has 2 aliphatic rings. The number of fused-ring (bicyclic) bond motifs is 6. The van der Waals surface area contributed by atoms with Gasteiger partial charge in [-0.25, -0.2) is 15.0 Å². The number of rotatable bonds is 5. The molecule has 1 aromatic heterocycles. The summed E-state index contributed by atoms with van der Waals surface area (Å²) in [4.78, 5) is 15.1. The molecule has 0 unspecified atom stereocenters. The highest BCUT2D eigenvalue weighted by Gasteiger charge is 2.39. The molecule has 1 aliphatic heterocycles. The summed E-state index contributed by atoms with van der Waals surface area (Å²) in [7, 11) is 0. The van der Waals surface area contributed by atoms with E-state index in [4.69, 9.17) is 24.4 Å². The molecule has 0 bridgehead atoms. The molecule has 53 heavy (non-hydrogen) atoms. The van der Waals surface area contributed by atoms with Gasteiger partial charge in [-0.15, -0.1) is 0 Å². The first-order valence-electron chi connectivity index (χ1n) is 17.9. The summed E-state index contributed by atoms with van der Waals surface area (Å²) in [5.74, 6) is 4.73. The van der Waals surface area contributed by atoms with Gasteiger partial charge >= 0.3 is 0 Å².